The summed E-state index contributed by atoms with van der Waals surface area (Å²) in [6, 6.07) is 20.8. The average Bonchev–Trinajstić information content (AvgIpc) is 3.64. The number of methoxy groups -OCH3 is 1. The molecule has 45 heavy (non-hydrogen) atoms. The number of ketones is 1. The number of carbonyl (C=O) groups is 2. The Hall–Kier alpha value is -4.61. The predicted octanol–water partition coefficient (Wildman–Crippen LogP) is 7.21. The van der Waals surface area contributed by atoms with Gasteiger partial charge in [0, 0.05) is 11.3 Å². The molecule has 2 heterocycles. The van der Waals surface area contributed by atoms with Gasteiger partial charge in [0.25, 0.3) is 5.78 Å². The minimum atomic E-state index is -1.01. The first-order chi connectivity index (χ1) is 21.9. The van der Waals surface area contributed by atoms with Gasteiger partial charge in [-0.15, -0.1) is 10.2 Å². The molecule has 1 amide bonds. The normalized spacial score (nSPS) is 15.7. The van der Waals surface area contributed by atoms with Crippen molar-refractivity contribution >= 4 is 45.7 Å². The molecule has 1 saturated heterocycles. The zero-order valence-corrected chi connectivity index (χ0v) is 26.6. The topological polar surface area (TPSA) is 111 Å². The average molecular weight is 644 g/mol. The van der Waals surface area contributed by atoms with Crippen LogP contribution in [0.4, 0.5) is 5.13 Å². The number of hydrogen-bond donors (Lipinski definition) is 1. The van der Waals surface area contributed by atoms with E-state index in [1.54, 1.807) is 48.5 Å². The number of rotatable bonds is 14. The van der Waals surface area contributed by atoms with Gasteiger partial charge in [0.05, 0.1) is 25.3 Å². The van der Waals surface area contributed by atoms with Crippen LogP contribution in [0.2, 0.25) is 0 Å². The van der Waals surface area contributed by atoms with E-state index in [0.717, 1.165) is 18.4 Å². The van der Waals surface area contributed by atoms with E-state index in [-0.39, 0.29) is 23.1 Å². The van der Waals surface area contributed by atoms with E-state index in [9.17, 15) is 14.7 Å². The summed E-state index contributed by atoms with van der Waals surface area (Å²) in [5, 5.41) is 20.4. The fraction of sp³-hybridized carbons (Fsp3) is 0.235. The maximum atomic E-state index is 13.7. The second-order valence-corrected chi connectivity index (χ2v) is 12.2. The Labute approximate surface area is 270 Å². The number of aromatic nitrogens is 2. The lowest BCUT2D eigenvalue weighted by atomic mass is 9.95. The summed E-state index contributed by atoms with van der Waals surface area (Å²) in [7, 11) is 1.50. The van der Waals surface area contributed by atoms with Crippen LogP contribution >= 0.6 is 23.1 Å². The van der Waals surface area contributed by atoms with Crippen LogP contribution in [-0.4, -0.2) is 47.3 Å². The number of aliphatic hydroxyl groups excluding tert-OH is 1. The van der Waals surface area contributed by atoms with Gasteiger partial charge in [-0.3, -0.25) is 14.5 Å². The quantitative estimate of drug-likeness (QED) is 0.0290. The summed E-state index contributed by atoms with van der Waals surface area (Å²) in [6.07, 6.45) is 3.54. The van der Waals surface area contributed by atoms with Crippen LogP contribution in [0.1, 0.15) is 42.5 Å². The maximum Gasteiger partial charge on any atom is 0.301 e. The van der Waals surface area contributed by atoms with Gasteiger partial charge in [0.1, 0.15) is 18.1 Å². The number of unbranched alkanes of at least 4 members (excludes halogenated alkanes) is 1. The number of nitrogens with zero attached hydrogens (tertiary/aromatic N) is 3. The van der Waals surface area contributed by atoms with Crippen molar-refractivity contribution in [1.82, 2.24) is 10.2 Å². The number of aliphatic hydroxyl groups is 1. The number of carbonyl (C=O) groups excluding carboxylic acids is 2. The first-order valence-electron chi connectivity index (χ1n) is 14.4. The number of hydrogen-bond acceptors (Lipinski definition) is 10. The van der Waals surface area contributed by atoms with Gasteiger partial charge >= 0.3 is 5.91 Å². The van der Waals surface area contributed by atoms with Gasteiger partial charge in [-0.25, -0.2) is 0 Å². The van der Waals surface area contributed by atoms with E-state index in [4.69, 9.17) is 14.2 Å². The van der Waals surface area contributed by atoms with E-state index < -0.39 is 17.7 Å². The summed E-state index contributed by atoms with van der Waals surface area (Å²) >= 11 is 2.69. The van der Waals surface area contributed by atoms with Crippen LogP contribution in [0.5, 0.6) is 17.2 Å². The van der Waals surface area contributed by atoms with Crippen molar-refractivity contribution in [2.45, 2.75) is 35.9 Å². The molecule has 232 valence electrons. The first kappa shape index (κ1) is 31.8. The van der Waals surface area contributed by atoms with Crippen molar-refractivity contribution in [1.29, 1.82) is 0 Å². The Morgan fingerprint density at radius 3 is 2.53 bits per heavy atom. The van der Waals surface area contributed by atoms with Crippen LogP contribution in [0, 0.1) is 0 Å². The highest BCUT2D eigenvalue weighted by Crippen LogP contribution is 2.45. The number of benzene rings is 3. The number of Topliss-reactive ketones (excluding diaryl/α,β-unsaturated/α-hetero) is 1. The molecule has 1 aliphatic rings. The molecule has 0 bridgehead atoms. The molecule has 0 unspecified atom stereocenters. The third kappa shape index (κ3) is 7.21. The predicted molar refractivity (Wildman–Crippen MR) is 176 cm³/mol. The first-order valence-corrected chi connectivity index (χ1v) is 16.2. The monoisotopic (exact) mass is 643 g/mol. The molecule has 0 radical (unpaired) electrons. The van der Waals surface area contributed by atoms with Gasteiger partial charge in [0.15, 0.2) is 15.8 Å². The molecule has 1 aliphatic heterocycles. The third-order valence-electron chi connectivity index (χ3n) is 7.01. The molecule has 1 fully saturated rings. The number of amides is 1. The molecular weight excluding hydrogens is 611 g/mol. The summed E-state index contributed by atoms with van der Waals surface area (Å²) in [6.45, 7) is 6.61. The smallest absolute Gasteiger partial charge is 0.301 e. The van der Waals surface area contributed by atoms with Crippen molar-refractivity contribution in [2.24, 2.45) is 0 Å². The highest BCUT2D eigenvalue weighted by Gasteiger charge is 2.48. The minimum Gasteiger partial charge on any atom is -0.507 e. The second kappa shape index (κ2) is 14.9. The highest BCUT2D eigenvalue weighted by atomic mass is 32.2. The number of thioether (sulfide) groups is 1. The van der Waals surface area contributed by atoms with Crippen LogP contribution in [-0.2, 0) is 15.3 Å². The van der Waals surface area contributed by atoms with Gasteiger partial charge < -0.3 is 19.3 Å². The van der Waals surface area contributed by atoms with Gasteiger partial charge in [-0.05, 0) is 53.9 Å². The molecule has 1 atom stereocenters. The molecule has 0 aliphatic carbocycles. The number of anilines is 1. The van der Waals surface area contributed by atoms with Gasteiger partial charge in [-0.2, -0.15) is 0 Å². The summed E-state index contributed by atoms with van der Waals surface area (Å²) in [5.41, 5.74) is 1.93. The van der Waals surface area contributed by atoms with E-state index in [1.165, 1.54) is 35.1 Å². The van der Waals surface area contributed by atoms with E-state index in [2.05, 4.69) is 23.7 Å². The highest BCUT2D eigenvalue weighted by molar-refractivity contribution is 8.00. The Bertz CT molecular complexity index is 1690. The van der Waals surface area contributed by atoms with Crippen LogP contribution in [0.3, 0.4) is 0 Å². The molecule has 4 aromatic rings. The SMILES string of the molecule is C=CCOc1ccc([C@H]2C(=C(O)c3ccc(OCCCC)cc3)C(=O)C(=O)N2c2nnc(SCc3ccccc3)s2)cc1OC. The largest absolute Gasteiger partial charge is 0.507 e. The van der Waals surface area contributed by atoms with E-state index in [0.29, 0.717) is 45.1 Å². The fourth-order valence-electron chi connectivity index (χ4n) is 4.74. The van der Waals surface area contributed by atoms with E-state index >= 15 is 0 Å². The number of ether oxygens (including phenoxy) is 3. The zero-order chi connectivity index (χ0) is 31.8. The van der Waals surface area contributed by atoms with Crippen molar-refractivity contribution in [3.8, 4) is 17.2 Å². The third-order valence-corrected chi connectivity index (χ3v) is 9.13. The van der Waals surface area contributed by atoms with Crippen molar-refractivity contribution in [3.63, 3.8) is 0 Å². The lowest BCUT2D eigenvalue weighted by molar-refractivity contribution is -0.132. The zero-order valence-electron chi connectivity index (χ0n) is 25.0. The second-order valence-electron chi connectivity index (χ2n) is 10.0. The summed E-state index contributed by atoms with van der Waals surface area (Å²) in [4.78, 5) is 28.6. The Morgan fingerprint density at radius 1 is 1.04 bits per heavy atom. The van der Waals surface area contributed by atoms with Crippen molar-refractivity contribution in [2.75, 3.05) is 25.2 Å². The maximum absolute atomic E-state index is 13.7. The molecular formula is C34H33N3O6S2. The summed E-state index contributed by atoms with van der Waals surface area (Å²) in [5.74, 6) is 0.209. The van der Waals surface area contributed by atoms with Crippen molar-refractivity contribution < 1.29 is 28.9 Å². The Balaban J connectivity index is 1.54. The molecule has 0 saturated carbocycles. The lowest BCUT2D eigenvalue weighted by Crippen LogP contribution is -2.29. The fourth-order valence-corrected chi connectivity index (χ4v) is 6.57. The van der Waals surface area contributed by atoms with Crippen LogP contribution < -0.4 is 19.1 Å². The molecule has 9 nitrogen and oxygen atoms in total. The van der Waals surface area contributed by atoms with Crippen LogP contribution in [0.15, 0.2) is 95.4 Å². The van der Waals surface area contributed by atoms with Crippen molar-refractivity contribution in [3.05, 3.63) is 108 Å². The molecule has 3 aromatic carbocycles. The van der Waals surface area contributed by atoms with Gasteiger partial charge in [0.2, 0.25) is 5.13 Å². The Morgan fingerprint density at radius 2 is 1.82 bits per heavy atom. The standard InChI is InChI=1S/C34H33N3O6S2/c1-4-6-19-42-25-15-12-23(13-16-25)30(38)28-29(24-14-17-26(43-18-5-2)27(20-24)41-3)37(32(40)31(28)39)33-35-36-34(45-33)44-21-22-10-8-7-9-11-22/h5,7-17,20,29,38H,2,4,6,18-19,21H2,1,3H3/t29-/m0/s1. The Kier molecular flexibility index (Phi) is 10.5. The molecule has 0 spiro atoms. The molecule has 1 N–H and O–H groups in total. The summed E-state index contributed by atoms with van der Waals surface area (Å²) < 4.78 is 17.7. The molecule has 1 aromatic heterocycles. The van der Waals surface area contributed by atoms with E-state index in [1.807, 2.05) is 30.3 Å². The lowest BCUT2D eigenvalue weighted by Gasteiger charge is -2.23. The molecule has 5 rings (SSSR count). The van der Waals surface area contributed by atoms with Crippen LogP contribution in [0.25, 0.3) is 5.76 Å². The molecule has 11 heteroatoms. The minimum absolute atomic E-state index is 0.0739. The van der Waals surface area contributed by atoms with Gasteiger partial charge in [-0.1, -0.05) is 85.5 Å².